The van der Waals surface area contributed by atoms with Crippen molar-refractivity contribution in [2.24, 2.45) is 11.7 Å². The van der Waals surface area contributed by atoms with Gasteiger partial charge in [-0.25, -0.2) is 4.79 Å². The van der Waals surface area contributed by atoms with Gasteiger partial charge in [-0.2, -0.15) is 18.1 Å². The van der Waals surface area contributed by atoms with Crippen LogP contribution in [0.2, 0.25) is 0 Å². The lowest BCUT2D eigenvalue weighted by atomic mass is 9.86. The lowest BCUT2D eigenvalue weighted by molar-refractivity contribution is -0.301. The van der Waals surface area contributed by atoms with Gasteiger partial charge in [-0.15, -0.1) is 0 Å². The molecule has 0 atom stereocenters. The average Bonchev–Trinajstić information content (AvgIpc) is 2.53. The van der Waals surface area contributed by atoms with Gasteiger partial charge in [-0.1, -0.05) is 18.2 Å². The molecule has 0 spiro atoms. The standard InChI is InChI=1S/C11H14O3.C7H12F3N/c1-11(2,3)14-13-10(12)9-7-5-4-6-8-9;8-7(9,10)5-1-3-6(11)4-2-5/h4-8H,1-3H3;5-6H,1-4,11H2. The molecule has 25 heavy (non-hydrogen) atoms. The Balaban J connectivity index is 0.000000257. The first-order chi connectivity index (χ1) is 11.5. The van der Waals surface area contributed by atoms with Crippen LogP contribution in [0, 0.1) is 5.92 Å². The SMILES string of the molecule is CC(C)(C)OOC(=O)c1ccccc1.NC1CCC(C(F)(F)F)CC1. The van der Waals surface area contributed by atoms with Crippen molar-refractivity contribution in [1.29, 1.82) is 0 Å². The van der Waals surface area contributed by atoms with Crippen LogP contribution in [-0.2, 0) is 9.78 Å². The van der Waals surface area contributed by atoms with E-state index in [1.807, 2.05) is 26.8 Å². The number of halogens is 3. The number of alkyl halides is 3. The predicted molar refractivity (Wildman–Crippen MR) is 88.7 cm³/mol. The molecule has 0 amide bonds. The Morgan fingerprint density at radius 3 is 2.00 bits per heavy atom. The summed E-state index contributed by atoms with van der Waals surface area (Å²) in [4.78, 5) is 20.9. The Kier molecular flexibility index (Phi) is 7.89. The second-order valence-electron chi connectivity index (χ2n) is 7.09. The Morgan fingerprint density at radius 1 is 1.04 bits per heavy atom. The van der Waals surface area contributed by atoms with Crippen LogP contribution in [0.3, 0.4) is 0 Å². The van der Waals surface area contributed by atoms with Crippen molar-refractivity contribution >= 4 is 5.97 Å². The quantitative estimate of drug-likeness (QED) is 0.616. The molecule has 0 bridgehead atoms. The molecular weight excluding hydrogens is 335 g/mol. The van der Waals surface area contributed by atoms with E-state index in [9.17, 15) is 18.0 Å². The van der Waals surface area contributed by atoms with Crippen molar-refractivity contribution < 1.29 is 27.7 Å². The molecule has 1 aliphatic carbocycles. The van der Waals surface area contributed by atoms with Crippen molar-refractivity contribution in [3.63, 3.8) is 0 Å². The van der Waals surface area contributed by atoms with Crippen molar-refractivity contribution in [1.82, 2.24) is 0 Å². The summed E-state index contributed by atoms with van der Waals surface area (Å²) < 4.78 is 36.1. The molecule has 1 aliphatic rings. The highest BCUT2D eigenvalue weighted by Gasteiger charge is 2.40. The van der Waals surface area contributed by atoms with Crippen molar-refractivity contribution in [3.05, 3.63) is 35.9 Å². The molecule has 0 unspecified atom stereocenters. The zero-order chi connectivity index (χ0) is 19.1. The van der Waals surface area contributed by atoms with Crippen LogP contribution in [-0.4, -0.2) is 23.8 Å². The average molecular weight is 361 g/mol. The third kappa shape index (κ3) is 8.88. The monoisotopic (exact) mass is 361 g/mol. The first kappa shape index (κ1) is 21.4. The third-order valence-electron chi connectivity index (χ3n) is 3.61. The van der Waals surface area contributed by atoms with Crippen molar-refractivity contribution in [2.45, 2.75) is 64.3 Å². The maximum atomic E-state index is 12.0. The van der Waals surface area contributed by atoms with Crippen LogP contribution >= 0.6 is 0 Å². The predicted octanol–water partition coefficient (Wildman–Crippen LogP) is 4.64. The smallest absolute Gasteiger partial charge is 0.328 e. The van der Waals surface area contributed by atoms with Gasteiger partial charge in [0.1, 0.15) is 5.60 Å². The molecule has 2 rings (SSSR count). The maximum absolute atomic E-state index is 12.0. The highest BCUT2D eigenvalue weighted by molar-refractivity contribution is 5.88. The highest BCUT2D eigenvalue weighted by atomic mass is 19.4. The number of rotatable bonds is 2. The molecule has 0 radical (unpaired) electrons. The van der Waals surface area contributed by atoms with Crippen LogP contribution in [0.15, 0.2) is 30.3 Å². The second-order valence-corrected chi connectivity index (χ2v) is 7.09. The van der Waals surface area contributed by atoms with Gasteiger partial charge in [0.2, 0.25) is 0 Å². The van der Waals surface area contributed by atoms with E-state index in [4.69, 9.17) is 10.6 Å². The Bertz CT molecular complexity index is 519. The first-order valence-electron chi connectivity index (χ1n) is 8.26. The topological polar surface area (TPSA) is 61.5 Å². The molecule has 142 valence electrons. The summed E-state index contributed by atoms with van der Waals surface area (Å²) in [5.41, 5.74) is 5.47. The summed E-state index contributed by atoms with van der Waals surface area (Å²) in [6.07, 6.45) is -2.54. The largest absolute Gasteiger partial charge is 0.391 e. The van der Waals surface area contributed by atoms with Gasteiger partial charge in [-0.3, -0.25) is 4.89 Å². The minimum absolute atomic E-state index is 0.00593. The van der Waals surface area contributed by atoms with Crippen LogP contribution < -0.4 is 5.73 Å². The van der Waals surface area contributed by atoms with Gasteiger partial charge in [0.05, 0.1) is 11.5 Å². The van der Waals surface area contributed by atoms with Crippen molar-refractivity contribution in [3.8, 4) is 0 Å². The number of hydrogen-bond donors (Lipinski definition) is 1. The molecule has 4 nitrogen and oxygen atoms in total. The molecule has 1 aromatic rings. The molecule has 0 aromatic heterocycles. The van der Waals surface area contributed by atoms with E-state index in [0.717, 1.165) is 0 Å². The molecule has 7 heteroatoms. The van der Waals surface area contributed by atoms with Gasteiger partial charge in [0.15, 0.2) is 0 Å². The number of carbonyl (C=O) groups excluding carboxylic acids is 1. The molecule has 1 aromatic carbocycles. The zero-order valence-electron chi connectivity index (χ0n) is 14.8. The van der Waals surface area contributed by atoms with E-state index in [1.165, 1.54) is 0 Å². The normalized spacial score (nSPS) is 21.1. The summed E-state index contributed by atoms with van der Waals surface area (Å²) in [5.74, 6) is -1.57. The third-order valence-corrected chi connectivity index (χ3v) is 3.61. The van der Waals surface area contributed by atoms with Crippen molar-refractivity contribution in [2.75, 3.05) is 0 Å². The minimum Gasteiger partial charge on any atom is -0.328 e. The van der Waals surface area contributed by atoms with E-state index in [2.05, 4.69) is 4.89 Å². The zero-order valence-corrected chi connectivity index (χ0v) is 14.8. The lowest BCUT2D eigenvalue weighted by Crippen LogP contribution is -2.33. The van der Waals surface area contributed by atoms with Gasteiger partial charge in [0.25, 0.3) is 0 Å². The number of nitrogens with two attached hydrogens (primary N) is 1. The van der Waals surface area contributed by atoms with Gasteiger partial charge >= 0.3 is 12.1 Å². The number of carbonyl (C=O) groups is 1. The fourth-order valence-electron chi connectivity index (χ4n) is 2.23. The number of benzene rings is 1. The Morgan fingerprint density at radius 2 is 1.56 bits per heavy atom. The van der Waals surface area contributed by atoms with Gasteiger partial charge in [-0.05, 0) is 58.6 Å². The molecule has 0 saturated heterocycles. The molecular formula is C18H26F3NO3. The minimum atomic E-state index is -4.00. The molecule has 0 aliphatic heterocycles. The summed E-state index contributed by atoms with van der Waals surface area (Å²) in [5, 5.41) is 0. The summed E-state index contributed by atoms with van der Waals surface area (Å²) in [6, 6.07) is 8.72. The van der Waals surface area contributed by atoms with E-state index in [-0.39, 0.29) is 18.9 Å². The van der Waals surface area contributed by atoms with Gasteiger partial charge in [0, 0.05) is 6.04 Å². The van der Waals surface area contributed by atoms with Crippen LogP contribution in [0.25, 0.3) is 0 Å². The summed E-state index contributed by atoms with van der Waals surface area (Å²) in [7, 11) is 0. The Labute approximate surface area is 146 Å². The molecule has 2 N–H and O–H groups in total. The van der Waals surface area contributed by atoms with Crippen LogP contribution in [0.5, 0.6) is 0 Å². The fraction of sp³-hybridized carbons (Fsp3) is 0.611. The Hall–Kier alpha value is -1.60. The van der Waals surface area contributed by atoms with E-state index in [0.29, 0.717) is 18.4 Å². The van der Waals surface area contributed by atoms with Crippen LogP contribution in [0.4, 0.5) is 13.2 Å². The van der Waals surface area contributed by atoms with Gasteiger partial charge < -0.3 is 5.73 Å². The van der Waals surface area contributed by atoms with E-state index in [1.54, 1.807) is 24.3 Å². The van der Waals surface area contributed by atoms with Crippen LogP contribution in [0.1, 0.15) is 56.8 Å². The maximum Gasteiger partial charge on any atom is 0.391 e. The molecule has 1 fully saturated rings. The van der Waals surface area contributed by atoms with E-state index >= 15 is 0 Å². The first-order valence-corrected chi connectivity index (χ1v) is 8.26. The summed E-state index contributed by atoms with van der Waals surface area (Å²) in [6.45, 7) is 5.43. The molecule has 0 heterocycles. The fourth-order valence-corrected chi connectivity index (χ4v) is 2.23. The van der Waals surface area contributed by atoms with E-state index < -0.39 is 23.7 Å². The lowest BCUT2D eigenvalue weighted by Gasteiger charge is -2.27. The number of hydrogen-bond acceptors (Lipinski definition) is 4. The molecule has 1 saturated carbocycles. The summed E-state index contributed by atoms with van der Waals surface area (Å²) >= 11 is 0. The second kappa shape index (κ2) is 9.20. The highest BCUT2D eigenvalue weighted by Crippen LogP contribution is 2.36.